The van der Waals surface area contributed by atoms with Crippen LogP contribution in [0.4, 0.5) is 0 Å². The number of carbonyl (C=O) groups is 1. The molecule has 1 amide bonds. The van der Waals surface area contributed by atoms with Crippen LogP contribution in [-0.4, -0.2) is 51.2 Å². The van der Waals surface area contributed by atoms with Crippen LogP contribution in [0.5, 0.6) is 0 Å². The molecule has 0 saturated carbocycles. The Morgan fingerprint density at radius 2 is 2.15 bits per heavy atom. The molecule has 0 aliphatic carbocycles. The van der Waals surface area contributed by atoms with E-state index >= 15 is 0 Å². The molecule has 0 bridgehead atoms. The van der Waals surface area contributed by atoms with Gasteiger partial charge in [0.05, 0.1) is 24.0 Å². The van der Waals surface area contributed by atoms with Gasteiger partial charge < -0.3 is 9.64 Å². The monoisotopic (exact) mass is 366 g/mol. The summed E-state index contributed by atoms with van der Waals surface area (Å²) in [4.78, 5) is 30.6. The minimum absolute atomic E-state index is 0.0197. The molecule has 1 saturated heterocycles. The molecular weight excluding hydrogens is 344 g/mol. The first-order valence-electron chi connectivity index (χ1n) is 9.14. The summed E-state index contributed by atoms with van der Waals surface area (Å²) in [7, 11) is 0. The van der Waals surface area contributed by atoms with Gasteiger partial charge in [0.25, 0.3) is 11.5 Å². The Hall–Kier alpha value is -2.93. The number of hydrogen-bond donors (Lipinski definition) is 1. The number of aromatic nitrogens is 3. The summed E-state index contributed by atoms with van der Waals surface area (Å²) >= 11 is 0. The van der Waals surface area contributed by atoms with Crippen LogP contribution >= 0.6 is 0 Å². The summed E-state index contributed by atoms with van der Waals surface area (Å²) in [5.41, 5.74) is 2.73. The van der Waals surface area contributed by atoms with E-state index in [1.54, 1.807) is 10.7 Å². The molecule has 1 aliphatic rings. The predicted octanol–water partition coefficient (Wildman–Crippen LogP) is 1.80. The summed E-state index contributed by atoms with van der Waals surface area (Å²) in [6.45, 7) is 3.46. The second-order valence-corrected chi connectivity index (χ2v) is 6.84. The van der Waals surface area contributed by atoms with Crippen LogP contribution in [0.2, 0.25) is 0 Å². The van der Waals surface area contributed by atoms with Crippen LogP contribution in [-0.2, 0) is 11.2 Å². The van der Waals surface area contributed by atoms with Crippen molar-refractivity contribution in [3.05, 3.63) is 69.8 Å². The highest BCUT2D eigenvalue weighted by Crippen LogP contribution is 2.17. The van der Waals surface area contributed by atoms with Gasteiger partial charge in [-0.2, -0.15) is 0 Å². The largest absolute Gasteiger partial charge is 0.375 e. The van der Waals surface area contributed by atoms with Crippen molar-refractivity contribution in [3.8, 4) is 0 Å². The maximum absolute atomic E-state index is 13.0. The van der Waals surface area contributed by atoms with E-state index in [4.69, 9.17) is 4.74 Å². The van der Waals surface area contributed by atoms with Crippen molar-refractivity contribution < 1.29 is 9.53 Å². The van der Waals surface area contributed by atoms with E-state index in [9.17, 15) is 9.59 Å². The third-order valence-electron chi connectivity index (χ3n) is 5.02. The molecule has 3 aromatic rings. The molecule has 0 spiro atoms. The number of amides is 1. The molecule has 0 unspecified atom stereocenters. The van der Waals surface area contributed by atoms with Crippen molar-refractivity contribution in [1.29, 1.82) is 0 Å². The van der Waals surface area contributed by atoms with E-state index in [0.717, 1.165) is 12.8 Å². The first-order valence-corrected chi connectivity index (χ1v) is 9.14. The van der Waals surface area contributed by atoms with Gasteiger partial charge in [-0.25, -0.2) is 9.50 Å². The van der Waals surface area contributed by atoms with Gasteiger partial charge in [-0.3, -0.25) is 14.7 Å². The number of carbonyl (C=O) groups excluding carboxylic acids is 1. The van der Waals surface area contributed by atoms with Gasteiger partial charge in [0.15, 0.2) is 5.65 Å². The smallest absolute Gasteiger partial charge is 0.266 e. The molecule has 27 heavy (non-hydrogen) atoms. The minimum Gasteiger partial charge on any atom is -0.375 e. The maximum Gasteiger partial charge on any atom is 0.266 e. The van der Waals surface area contributed by atoms with E-state index in [1.807, 2.05) is 30.0 Å². The molecule has 0 radical (unpaired) electrons. The van der Waals surface area contributed by atoms with E-state index in [2.05, 4.69) is 22.2 Å². The van der Waals surface area contributed by atoms with Gasteiger partial charge in [0.2, 0.25) is 0 Å². The van der Waals surface area contributed by atoms with E-state index in [1.165, 1.54) is 11.6 Å². The van der Waals surface area contributed by atoms with Gasteiger partial charge in [-0.15, -0.1) is 0 Å². The Labute approximate surface area is 156 Å². The van der Waals surface area contributed by atoms with Crippen LogP contribution in [0.1, 0.15) is 28.0 Å². The predicted molar refractivity (Wildman–Crippen MR) is 101 cm³/mol. The van der Waals surface area contributed by atoms with Crippen molar-refractivity contribution in [2.24, 2.45) is 0 Å². The zero-order chi connectivity index (χ0) is 18.8. The quantitative estimate of drug-likeness (QED) is 0.764. The van der Waals surface area contributed by atoms with Crippen molar-refractivity contribution in [2.45, 2.75) is 25.9 Å². The third kappa shape index (κ3) is 3.64. The zero-order valence-electron chi connectivity index (χ0n) is 15.2. The summed E-state index contributed by atoms with van der Waals surface area (Å²) < 4.78 is 7.42. The Balaban J connectivity index is 1.47. The van der Waals surface area contributed by atoms with Crippen molar-refractivity contribution >= 4 is 11.6 Å². The number of hydrogen-bond acceptors (Lipinski definition) is 4. The fraction of sp³-hybridized carbons (Fsp3) is 0.350. The number of fused-ring (bicyclic) bond motifs is 1. The Morgan fingerprint density at radius 1 is 1.33 bits per heavy atom. The minimum atomic E-state index is -0.234. The highest BCUT2D eigenvalue weighted by molar-refractivity contribution is 5.95. The van der Waals surface area contributed by atoms with Crippen LogP contribution in [0, 0.1) is 6.92 Å². The number of aromatic amines is 1. The Kier molecular flexibility index (Phi) is 4.77. The number of nitrogens with zero attached hydrogens (tertiary/aromatic N) is 3. The molecule has 1 aromatic carbocycles. The Bertz CT molecular complexity index is 1010. The second kappa shape index (κ2) is 7.36. The van der Waals surface area contributed by atoms with Gasteiger partial charge in [0, 0.05) is 25.4 Å². The normalized spacial score (nSPS) is 17.4. The SMILES string of the molecule is Cc1c(C(=O)N2CCO[C@H](CCc3ccccc3)C2)cnc2cc(=O)[nH]n12. The molecule has 140 valence electrons. The number of morpholine rings is 1. The molecule has 7 nitrogen and oxygen atoms in total. The molecule has 1 atom stereocenters. The highest BCUT2D eigenvalue weighted by Gasteiger charge is 2.26. The lowest BCUT2D eigenvalue weighted by atomic mass is 10.1. The number of H-pyrrole nitrogens is 1. The van der Waals surface area contributed by atoms with E-state index < -0.39 is 0 Å². The lowest BCUT2D eigenvalue weighted by molar-refractivity contribution is -0.0246. The first kappa shape index (κ1) is 17.5. The van der Waals surface area contributed by atoms with Crippen molar-refractivity contribution in [1.82, 2.24) is 19.5 Å². The summed E-state index contributed by atoms with van der Waals surface area (Å²) in [6, 6.07) is 11.7. The highest BCUT2D eigenvalue weighted by atomic mass is 16.5. The fourth-order valence-electron chi connectivity index (χ4n) is 3.51. The van der Waals surface area contributed by atoms with Gasteiger partial charge in [0.1, 0.15) is 0 Å². The van der Waals surface area contributed by atoms with Crippen molar-refractivity contribution in [3.63, 3.8) is 0 Å². The number of rotatable bonds is 4. The molecule has 1 aliphatic heterocycles. The van der Waals surface area contributed by atoms with Crippen LogP contribution in [0.15, 0.2) is 47.4 Å². The van der Waals surface area contributed by atoms with Gasteiger partial charge in [-0.05, 0) is 25.3 Å². The molecule has 3 heterocycles. The summed E-state index contributed by atoms with van der Waals surface area (Å²) in [5.74, 6) is -0.0792. The molecule has 2 aromatic heterocycles. The van der Waals surface area contributed by atoms with Gasteiger partial charge in [-0.1, -0.05) is 30.3 Å². The first-order chi connectivity index (χ1) is 13.1. The van der Waals surface area contributed by atoms with Gasteiger partial charge >= 0.3 is 0 Å². The van der Waals surface area contributed by atoms with Crippen molar-refractivity contribution in [2.75, 3.05) is 19.7 Å². The average Bonchev–Trinajstić information content (AvgIpc) is 3.09. The lowest BCUT2D eigenvalue weighted by Gasteiger charge is -2.33. The number of benzene rings is 1. The molecule has 7 heteroatoms. The Morgan fingerprint density at radius 3 is 2.96 bits per heavy atom. The van der Waals surface area contributed by atoms with Crippen LogP contribution in [0.25, 0.3) is 5.65 Å². The van der Waals surface area contributed by atoms with Crippen LogP contribution in [0.3, 0.4) is 0 Å². The average molecular weight is 366 g/mol. The molecule has 1 N–H and O–H groups in total. The molecule has 4 rings (SSSR count). The summed E-state index contributed by atoms with van der Waals surface area (Å²) in [6.07, 6.45) is 3.36. The molecular formula is C20H22N4O3. The third-order valence-corrected chi connectivity index (χ3v) is 5.02. The standard InChI is InChI=1S/C20H22N4O3/c1-14-17(12-21-18-11-19(25)22-24(14)18)20(26)23-9-10-27-16(13-23)8-7-15-5-3-2-4-6-15/h2-6,11-12,16H,7-10,13H2,1H3,(H,22,25)/t16-/m1/s1. The summed E-state index contributed by atoms with van der Waals surface area (Å²) in [5, 5.41) is 2.68. The number of nitrogens with one attached hydrogen (secondary N) is 1. The topological polar surface area (TPSA) is 79.7 Å². The number of ether oxygens (including phenoxy) is 1. The number of aryl methyl sites for hydroxylation is 2. The van der Waals surface area contributed by atoms with Crippen LogP contribution < -0.4 is 5.56 Å². The second-order valence-electron chi connectivity index (χ2n) is 6.84. The fourth-order valence-corrected chi connectivity index (χ4v) is 3.51. The zero-order valence-corrected chi connectivity index (χ0v) is 15.2. The lowest BCUT2D eigenvalue weighted by Crippen LogP contribution is -2.46. The van der Waals surface area contributed by atoms with E-state index in [0.29, 0.717) is 36.6 Å². The maximum atomic E-state index is 13.0. The van der Waals surface area contributed by atoms with E-state index in [-0.39, 0.29) is 17.6 Å². The molecule has 1 fully saturated rings.